The summed E-state index contributed by atoms with van der Waals surface area (Å²) in [5.41, 5.74) is 7.37. The fourth-order valence-corrected chi connectivity index (χ4v) is 4.25. The number of amides is 3. The number of nitrogens with one attached hydrogen (secondary N) is 3. The third kappa shape index (κ3) is 10.00. The van der Waals surface area contributed by atoms with Gasteiger partial charge in [-0.15, -0.1) is 0 Å². The molecular weight excluding hydrogens is 572 g/mol. The first kappa shape index (κ1) is 33.4. The van der Waals surface area contributed by atoms with Crippen LogP contribution in [-0.2, 0) is 38.4 Å². The summed E-state index contributed by atoms with van der Waals surface area (Å²) >= 11 is 0. The van der Waals surface area contributed by atoms with E-state index in [1.54, 1.807) is 0 Å². The van der Waals surface area contributed by atoms with Crippen LogP contribution < -0.4 is 21.7 Å². The lowest BCUT2D eigenvalue weighted by atomic mass is 10.0. The summed E-state index contributed by atoms with van der Waals surface area (Å²) in [6.07, 6.45) is -1.51. The maximum absolute atomic E-state index is 13.6. The summed E-state index contributed by atoms with van der Waals surface area (Å²) in [6.45, 7) is 1.31. The molecule has 0 aliphatic rings. The van der Waals surface area contributed by atoms with Crippen LogP contribution >= 0.6 is 0 Å². The van der Waals surface area contributed by atoms with E-state index in [1.165, 1.54) is 79.7 Å². The number of aromatic hydroxyl groups is 3. The van der Waals surface area contributed by atoms with Gasteiger partial charge in [-0.3, -0.25) is 14.4 Å². The number of phenols is 3. The second kappa shape index (κ2) is 15.4. The van der Waals surface area contributed by atoms with Gasteiger partial charge in [0.1, 0.15) is 41.4 Å². The van der Waals surface area contributed by atoms with Gasteiger partial charge in [-0.05, 0) is 60.0 Å². The molecule has 44 heavy (non-hydrogen) atoms. The first-order valence-corrected chi connectivity index (χ1v) is 13.7. The highest BCUT2D eigenvalue weighted by Crippen LogP contribution is 2.15. The van der Waals surface area contributed by atoms with Crippen molar-refractivity contribution in [3.8, 4) is 17.2 Å². The summed E-state index contributed by atoms with van der Waals surface area (Å²) < 4.78 is 0. The van der Waals surface area contributed by atoms with E-state index >= 15 is 0 Å². The molecule has 0 aliphatic carbocycles. The molecule has 3 rings (SSSR count). The van der Waals surface area contributed by atoms with Crippen molar-refractivity contribution in [3.05, 3.63) is 89.5 Å². The number of nitrogens with two attached hydrogens (primary N) is 1. The fourth-order valence-electron chi connectivity index (χ4n) is 4.25. The molecule has 10 N–H and O–H groups in total. The largest absolute Gasteiger partial charge is 0.508 e. The molecule has 234 valence electrons. The van der Waals surface area contributed by atoms with E-state index in [1.807, 2.05) is 0 Å². The normalized spacial score (nSPS) is 14.3. The van der Waals surface area contributed by atoms with Crippen molar-refractivity contribution in [1.29, 1.82) is 0 Å². The van der Waals surface area contributed by atoms with Gasteiger partial charge in [-0.1, -0.05) is 36.4 Å². The van der Waals surface area contributed by atoms with Crippen molar-refractivity contribution in [1.82, 2.24) is 16.0 Å². The lowest BCUT2D eigenvalue weighted by Gasteiger charge is -2.26. The lowest BCUT2D eigenvalue weighted by Crippen LogP contribution is -2.59. The number of phenolic OH excluding ortho intramolecular Hbond substituents is 3. The van der Waals surface area contributed by atoms with Crippen LogP contribution in [-0.4, -0.2) is 79.5 Å². The zero-order valence-corrected chi connectivity index (χ0v) is 23.9. The number of hydrogen-bond acceptors (Lipinski definition) is 9. The number of carboxylic acids is 1. The minimum absolute atomic E-state index is 0.00955. The first-order valence-electron chi connectivity index (χ1n) is 13.7. The van der Waals surface area contributed by atoms with Crippen molar-refractivity contribution in [2.24, 2.45) is 5.73 Å². The van der Waals surface area contributed by atoms with Crippen LogP contribution in [0.1, 0.15) is 23.6 Å². The van der Waals surface area contributed by atoms with Gasteiger partial charge in [0.05, 0.1) is 6.10 Å². The number of carboxylic acid groups (broad SMARTS) is 1. The minimum atomic E-state index is -1.39. The second-order valence-corrected chi connectivity index (χ2v) is 10.4. The van der Waals surface area contributed by atoms with Gasteiger partial charge in [0.15, 0.2) is 0 Å². The molecule has 13 nitrogen and oxygen atoms in total. The molecule has 0 saturated heterocycles. The van der Waals surface area contributed by atoms with Gasteiger partial charge in [0, 0.05) is 19.3 Å². The third-order valence-electron chi connectivity index (χ3n) is 6.83. The molecule has 0 aromatic heterocycles. The molecule has 0 heterocycles. The van der Waals surface area contributed by atoms with Crippen molar-refractivity contribution in [2.45, 2.75) is 56.5 Å². The number of rotatable bonds is 14. The van der Waals surface area contributed by atoms with Gasteiger partial charge < -0.3 is 47.2 Å². The number of carbonyl (C=O) groups excluding carboxylic acids is 3. The highest BCUT2D eigenvalue weighted by Gasteiger charge is 2.31. The average molecular weight is 609 g/mol. The molecule has 0 radical (unpaired) electrons. The standard InChI is InChI=1S/C31H36N4O9/c1-17(36)27(32)30(42)34-25(15-19-4-10-22(38)11-5-19)28(40)33-24(14-18-2-8-21(37)9-3-18)29(41)35-26(31(43)44)16-20-6-12-23(39)13-7-20/h2-13,17,24-27,36-39H,14-16,32H2,1H3,(H,33,40)(H,34,42)(H,35,41)(H,43,44). The summed E-state index contributed by atoms with van der Waals surface area (Å²) in [5, 5.41) is 55.9. The van der Waals surface area contributed by atoms with Crippen LogP contribution in [0.25, 0.3) is 0 Å². The van der Waals surface area contributed by atoms with E-state index in [0.29, 0.717) is 16.7 Å². The van der Waals surface area contributed by atoms with Crippen LogP contribution in [0.2, 0.25) is 0 Å². The molecule has 0 fully saturated rings. The van der Waals surface area contributed by atoms with E-state index < -0.39 is 54.0 Å². The Hall–Kier alpha value is -5.14. The molecule has 0 spiro atoms. The molecule has 13 heteroatoms. The maximum atomic E-state index is 13.6. The smallest absolute Gasteiger partial charge is 0.326 e. The average Bonchev–Trinajstić information content (AvgIpc) is 2.98. The topological polar surface area (TPSA) is 232 Å². The van der Waals surface area contributed by atoms with Crippen LogP contribution in [0.5, 0.6) is 17.2 Å². The molecule has 0 aliphatic heterocycles. The summed E-state index contributed by atoms with van der Waals surface area (Å²) in [4.78, 5) is 51.9. The van der Waals surface area contributed by atoms with Crippen LogP contribution in [0.15, 0.2) is 72.8 Å². The Labute approximate surface area is 253 Å². The van der Waals surface area contributed by atoms with E-state index in [9.17, 15) is 44.7 Å². The van der Waals surface area contributed by atoms with Gasteiger partial charge in [-0.2, -0.15) is 0 Å². The lowest BCUT2D eigenvalue weighted by molar-refractivity contribution is -0.142. The van der Waals surface area contributed by atoms with Gasteiger partial charge in [0.2, 0.25) is 17.7 Å². The Morgan fingerprint density at radius 3 is 1.20 bits per heavy atom. The Morgan fingerprint density at radius 2 is 0.886 bits per heavy atom. The SMILES string of the molecule is CC(O)C(N)C(=O)NC(Cc1ccc(O)cc1)C(=O)NC(Cc1ccc(O)cc1)C(=O)NC(Cc1ccc(O)cc1)C(=O)O. The predicted octanol–water partition coefficient (Wildman–Crippen LogP) is 0.0784. The Balaban J connectivity index is 1.87. The zero-order chi connectivity index (χ0) is 32.4. The summed E-state index contributed by atoms with van der Waals surface area (Å²) in [7, 11) is 0. The Bertz CT molecular complexity index is 1430. The van der Waals surface area contributed by atoms with Crippen molar-refractivity contribution in [2.75, 3.05) is 0 Å². The molecule has 3 aromatic carbocycles. The van der Waals surface area contributed by atoms with E-state index in [0.717, 1.165) is 0 Å². The van der Waals surface area contributed by atoms with Gasteiger partial charge in [-0.25, -0.2) is 4.79 Å². The first-order chi connectivity index (χ1) is 20.8. The number of aliphatic carboxylic acids is 1. The van der Waals surface area contributed by atoms with Crippen LogP contribution in [0.4, 0.5) is 0 Å². The number of aliphatic hydroxyl groups is 1. The third-order valence-corrected chi connectivity index (χ3v) is 6.83. The summed E-state index contributed by atoms with van der Waals surface area (Å²) in [5.74, 6) is -3.82. The molecule has 0 bridgehead atoms. The molecule has 5 unspecified atom stereocenters. The quantitative estimate of drug-likeness (QED) is 0.120. The highest BCUT2D eigenvalue weighted by molar-refractivity contribution is 5.94. The highest BCUT2D eigenvalue weighted by atomic mass is 16.4. The van der Waals surface area contributed by atoms with Crippen molar-refractivity contribution >= 4 is 23.7 Å². The molecule has 3 aromatic rings. The van der Waals surface area contributed by atoms with Crippen LogP contribution in [0.3, 0.4) is 0 Å². The predicted molar refractivity (Wildman–Crippen MR) is 159 cm³/mol. The molecule has 0 saturated carbocycles. The number of benzene rings is 3. The maximum Gasteiger partial charge on any atom is 0.326 e. The number of aliphatic hydroxyl groups excluding tert-OH is 1. The Kier molecular flexibility index (Phi) is 11.7. The molecule has 3 amide bonds. The van der Waals surface area contributed by atoms with Gasteiger partial charge >= 0.3 is 5.97 Å². The summed E-state index contributed by atoms with van der Waals surface area (Å²) in [6, 6.07) is 12.2. The van der Waals surface area contributed by atoms with Crippen LogP contribution in [0, 0.1) is 0 Å². The van der Waals surface area contributed by atoms with E-state index in [4.69, 9.17) is 5.73 Å². The van der Waals surface area contributed by atoms with Crippen molar-refractivity contribution in [3.63, 3.8) is 0 Å². The zero-order valence-electron chi connectivity index (χ0n) is 23.9. The Morgan fingerprint density at radius 1 is 0.591 bits per heavy atom. The number of carbonyl (C=O) groups is 4. The number of hydrogen-bond donors (Lipinski definition) is 9. The molecular formula is C31H36N4O9. The second-order valence-electron chi connectivity index (χ2n) is 10.4. The van der Waals surface area contributed by atoms with E-state index in [-0.39, 0.29) is 36.5 Å². The van der Waals surface area contributed by atoms with Gasteiger partial charge in [0.25, 0.3) is 0 Å². The van der Waals surface area contributed by atoms with E-state index in [2.05, 4.69) is 16.0 Å². The fraction of sp³-hybridized carbons (Fsp3) is 0.290. The minimum Gasteiger partial charge on any atom is -0.508 e. The van der Waals surface area contributed by atoms with Crippen molar-refractivity contribution < 1.29 is 44.7 Å². The monoisotopic (exact) mass is 608 g/mol. The molecule has 5 atom stereocenters.